The molecule has 2 heterocycles. The molecular weight excluding hydrogens is 606 g/mol. The molecule has 3 atom stereocenters. The number of β-lactam (4-membered cyclic amide) rings is 1. The molecule has 7 nitrogen and oxygen atoms in total. The lowest BCUT2D eigenvalue weighted by molar-refractivity contribution is -0.129. The van der Waals surface area contributed by atoms with Crippen molar-refractivity contribution in [1.29, 1.82) is 0 Å². The van der Waals surface area contributed by atoms with Gasteiger partial charge in [-0.15, -0.1) is 0 Å². The molecule has 0 spiro atoms. The Morgan fingerprint density at radius 1 is 1.08 bits per heavy atom. The van der Waals surface area contributed by atoms with Crippen molar-refractivity contribution in [3.8, 4) is 0 Å². The van der Waals surface area contributed by atoms with Crippen molar-refractivity contribution >= 4 is 18.7 Å². The van der Waals surface area contributed by atoms with Crippen LogP contribution in [-0.2, 0) is 18.8 Å². The minimum Gasteiger partial charge on any atom is -0.494 e. The molecule has 2 fully saturated rings. The first-order chi connectivity index (χ1) is 22.8. The maximum absolute atomic E-state index is 13.9. The number of rotatable bonds is 15. The molecule has 48 heavy (non-hydrogen) atoms. The highest BCUT2D eigenvalue weighted by Crippen LogP contribution is 2.43. The van der Waals surface area contributed by atoms with Crippen LogP contribution in [0.5, 0.6) is 0 Å². The summed E-state index contributed by atoms with van der Waals surface area (Å²) in [6, 6.07) is 14.2. The van der Waals surface area contributed by atoms with E-state index in [9.17, 15) is 14.1 Å². The number of carbonyl (C=O) groups is 1. The largest absolute Gasteiger partial charge is 0.494 e. The molecule has 2 aliphatic rings. The van der Waals surface area contributed by atoms with Crippen LogP contribution in [0.15, 0.2) is 119 Å². The van der Waals surface area contributed by atoms with E-state index in [0.29, 0.717) is 36.2 Å². The van der Waals surface area contributed by atoms with Crippen molar-refractivity contribution in [2.24, 2.45) is 11.1 Å². The zero-order chi connectivity index (χ0) is 35.1. The summed E-state index contributed by atoms with van der Waals surface area (Å²) in [5, 5.41) is 3.34. The van der Waals surface area contributed by atoms with Crippen molar-refractivity contribution in [1.82, 2.24) is 0 Å². The van der Waals surface area contributed by atoms with Gasteiger partial charge in [0.2, 0.25) is 5.91 Å². The van der Waals surface area contributed by atoms with E-state index in [1.54, 1.807) is 17.0 Å². The van der Waals surface area contributed by atoms with Crippen molar-refractivity contribution in [2.75, 3.05) is 11.5 Å². The molecule has 0 bridgehead atoms. The maximum atomic E-state index is 13.9. The maximum Gasteiger partial charge on any atom is 0.494 e. The molecule has 2 saturated heterocycles. The van der Waals surface area contributed by atoms with Gasteiger partial charge in [0.15, 0.2) is 0 Å². The Hall–Kier alpha value is -4.08. The smallest absolute Gasteiger partial charge is 0.494 e. The summed E-state index contributed by atoms with van der Waals surface area (Å²) in [7, 11) is -0.636. The summed E-state index contributed by atoms with van der Waals surface area (Å²) in [6.45, 7) is 18.6. The Balaban J connectivity index is 1.71. The van der Waals surface area contributed by atoms with Crippen molar-refractivity contribution in [2.45, 2.75) is 91.0 Å². The van der Waals surface area contributed by atoms with Gasteiger partial charge in [-0.25, -0.2) is 4.39 Å². The van der Waals surface area contributed by atoms with Crippen LogP contribution in [0.2, 0.25) is 0 Å². The monoisotopic (exact) mass is 654 g/mol. The summed E-state index contributed by atoms with van der Waals surface area (Å²) in [6.07, 6.45) is 11.4. The highest BCUT2D eigenvalue weighted by atomic mass is 19.1. The first-order valence-electron chi connectivity index (χ1n) is 16.7. The van der Waals surface area contributed by atoms with Crippen LogP contribution in [-0.4, -0.2) is 36.9 Å². The average molecular weight is 655 g/mol. The van der Waals surface area contributed by atoms with E-state index in [0.717, 1.165) is 23.3 Å². The van der Waals surface area contributed by atoms with E-state index in [-0.39, 0.29) is 11.7 Å². The van der Waals surface area contributed by atoms with Crippen LogP contribution in [0, 0.1) is 16.6 Å². The number of para-hydroxylation sites is 1. The number of halogens is 1. The summed E-state index contributed by atoms with van der Waals surface area (Å²) in [4.78, 5) is 27.6. The summed E-state index contributed by atoms with van der Waals surface area (Å²) in [5.74, 6) is -0.231. The Bertz CT molecular complexity index is 1560. The number of nitroso groups, excluding NO2 is 1. The third-order valence-corrected chi connectivity index (χ3v) is 9.59. The Morgan fingerprint density at radius 2 is 1.73 bits per heavy atom. The quantitative estimate of drug-likeness (QED) is 0.0629. The molecule has 0 aromatic heterocycles. The molecule has 2 aromatic rings. The Morgan fingerprint density at radius 3 is 2.31 bits per heavy atom. The van der Waals surface area contributed by atoms with Crippen molar-refractivity contribution in [3.05, 3.63) is 130 Å². The van der Waals surface area contributed by atoms with Gasteiger partial charge in [0.25, 0.3) is 0 Å². The number of amides is 1. The number of ether oxygens (including phenoxy) is 1. The van der Waals surface area contributed by atoms with E-state index >= 15 is 0 Å². The number of nitrogens with zero attached hydrogens (tertiary/aromatic N) is 2. The van der Waals surface area contributed by atoms with Gasteiger partial charge in [-0.1, -0.05) is 79.4 Å². The number of benzene rings is 2. The van der Waals surface area contributed by atoms with E-state index in [4.69, 9.17) is 14.0 Å². The fourth-order valence-corrected chi connectivity index (χ4v) is 5.84. The highest BCUT2D eigenvalue weighted by Gasteiger charge is 2.52. The molecule has 9 heteroatoms. The van der Waals surface area contributed by atoms with Gasteiger partial charge in [-0.2, -0.15) is 4.91 Å². The van der Waals surface area contributed by atoms with Crippen LogP contribution in [0.25, 0.3) is 0 Å². The fraction of sp³-hybridized carbons (Fsp3) is 0.410. The van der Waals surface area contributed by atoms with Crippen LogP contribution in [0.4, 0.5) is 10.1 Å². The molecule has 2 aromatic carbocycles. The Kier molecular flexibility index (Phi) is 12.2. The third-order valence-electron chi connectivity index (χ3n) is 9.59. The zero-order valence-corrected chi connectivity index (χ0v) is 29.2. The molecule has 4 rings (SSSR count). The number of allylic oxidation sites excluding steroid dienone is 6. The zero-order valence-electron chi connectivity index (χ0n) is 29.2. The SMILES string of the molecule is C=C(/C=C\C(=C(/C)OC/C(=C/C=C\C)CC)C1C(CCC(N=O)c2ccc(F)cc2)C(=O)N1c1ccccc1)B1OC(C)(C)C(C)(C)O1. The van der Waals surface area contributed by atoms with E-state index in [2.05, 4.69) is 24.8 Å². The van der Waals surface area contributed by atoms with Crippen LogP contribution in [0.1, 0.15) is 79.3 Å². The van der Waals surface area contributed by atoms with Gasteiger partial charge < -0.3 is 18.9 Å². The van der Waals surface area contributed by atoms with Crippen molar-refractivity contribution < 1.29 is 23.2 Å². The summed E-state index contributed by atoms with van der Waals surface area (Å²) in [5.41, 5.74) is 2.90. The number of anilines is 1. The second-order valence-corrected chi connectivity index (χ2v) is 13.3. The van der Waals surface area contributed by atoms with Gasteiger partial charge in [0.05, 0.1) is 28.9 Å². The van der Waals surface area contributed by atoms with Gasteiger partial charge in [-0.05, 0) is 102 Å². The lowest BCUT2D eigenvalue weighted by Crippen LogP contribution is -2.62. The molecule has 2 aliphatic heterocycles. The first kappa shape index (κ1) is 36.8. The highest BCUT2D eigenvalue weighted by molar-refractivity contribution is 6.55. The number of hydrogen-bond acceptors (Lipinski definition) is 6. The molecule has 0 N–H and O–H groups in total. The van der Waals surface area contributed by atoms with Crippen molar-refractivity contribution in [3.63, 3.8) is 0 Å². The minimum absolute atomic E-state index is 0.0549. The van der Waals surface area contributed by atoms with Gasteiger partial charge in [-0.3, -0.25) is 4.79 Å². The Labute approximate surface area is 285 Å². The summed E-state index contributed by atoms with van der Waals surface area (Å²) >= 11 is 0. The second-order valence-electron chi connectivity index (χ2n) is 13.3. The molecule has 1 amide bonds. The van der Waals surface area contributed by atoms with E-state index < -0.39 is 36.3 Å². The molecule has 3 unspecified atom stereocenters. The lowest BCUT2D eigenvalue weighted by atomic mass is 9.75. The molecule has 254 valence electrons. The standard InChI is InChI=1S/C39H48BFN2O5/c1-9-11-15-29(10-2)26-46-28(4)33(23-18-27(3)40-47-38(5,6)39(7,8)48-40)36-34(37(44)43(36)32-16-13-12-14-17-32)24-25-35(42-45)30-19-21-31(41)22-20-30/h9,11-23,34-36H,3,10,24-26H2,1-2,4-8H3/b11-9-,23-18-,29-15+,33-28-. The van der Waals surface area contributed by atoms with Gasteiger partial charge in [0.1, 0.15) is 18.5 Å². The van der Waals surface area contributed by atoms with Gasteiger partial charge >= 0.3 is 7.12 Å². The second kappa shape index (κ2) is 15.9. The summed E-state index contributed by atoms with van der Waals surface area (Å²) < 4.78 is 32.5. The van der Waals surface area contributed by atoms with Crippen LogP contribution < -0.4 is 4.90 Å². The molecule has 0 aliphatic carbocycles. The molecular formula is C39H48BFN2O5. The number of hydrogen-bond donors (Lipinski definition) is 0. The predicted molar refractivity (Wildman–Crippen MR) is 192 cm³/mol. The molecule has 0 radical (unpaired) electrons. The fourth-order valence-electron chi connectivity index (χ4n) is 5.84. The number of carbonyl (C=O) groups excluding carboxylic acids is 1. The predicted octanol–water partition coefficient (Wildman–Crippen LogP) is 9.39. The third kappa shape index (κ3) is 8.31. The van der Waals surface area contributed by atoms with Gasteiger partial charge in [0, 0.05) is 11.3 Å². The molecule has 0 saturated carbocycles. The first-order valence-corrected chi connectivity index (χ1v) is 16.7. The topological polar surface area (TPSA) is 77.4 Å². The van der Waals surface area contributed by atoms with E-state index in [1.165, 1.54) is 12.1 Å². The van der Waals surface area contributed by atoms with Crippen LogP contribution in [0.3, 0.4) is 0 Å². The normalized spacial score (nSPS) is 21.8. The van der Waals surface area contributed by atoms with E-state index in [1.807, 2.05) is 96.2 Å². The van der Waals surface area contributed by atoms with Crippen LogP contribution >= 0.6 is 0 Å². The lowest BCUT2D eigenvalue weighted by Gasteiger charge is -2.48. The average Bonchev–Trinajstić information content (AvgIpc) is 3.29. The minimum atomic E-state index is -0.711.